The number of thiophene rings is 1. The highest BCUT2D eigenvalue weighted by atomic mass is 32.1. The number of benzene rings is 1. The van der Waals surface area contributed by atoms with Crippen LogP contribution in [0, 0.1) is 12.7 Å². The maximum absolute atomic E-state index is 13.2. The van der Waals surface area contributed by atoms with Crippen LogP contribution in [0.15, 0.2) is 30.3 Å². The summed E-state index contributed by atoms with van der Waals surface area (Å²) in [4.78, 5) is 15.9. The van der Waals surface area contributed by atoms with Crippen LogP contribution < -0.4 is 11.5 Å². The molecule has 3 aromatic rings. The Bertz CT molecular complexity index is 938. The quantitative estimate of drug-likeness (QED) is 0.728. The molecule has 1 amide bonds. The summed E-state index contributed by atoms with van der Waals surface area (Å²) in [6, 6.07) is 7.61. The molecule has 25 heavy (non-hydrogen) atoms. The minimum atomic E-state index is -0.298. The van der Waals surface area contributed by atoms with E-state index >= 15 is 0 Å². The summed E-state index contributed by atoms with van der Waals surface area (Å²) in [6.45, 7) is 2.83. The standard InChI is InChI=1S/C17H18FN5OS/c1-9-12-6-15(16(24)22-7-13(19)14(20)8-22)25-17(12)23(21-9)11-4-2-10(18)3-5-11/h2-6,13-14H,7-8,19-20H2,1H3/t13-,14-/m1/s1. The Morgan fingerprint density at radius 1 is 1.24 bits per heavy atom. The Morgan fingerprint density at radius 2 is 1.88 bits per heavy atom. The lowest BCUT2D eigenvalue weighted by Crippen LogP contribution is -2.39. The minimum Gasteiger partial charge on any atom is -0.335 e. The highest BCUT2D eigenvalue weighted by Crippen LogP contribution is 2.31. The molecule has 1 aromatic carbocycles. The van der Waals surface area contributed by atoms with Crippen LogP contribution in [-0.4, -0.2) is 45.8 Å². The van der Waals surface area contributed by atoms with E-state index in [1.807, 2.05) is 13.0 Å². The molecule has 0 radical (unpaired) electrons. The van der Waals surface area contributed by atoms with Gasteiger partial charge in [-0.2, -0.15) is 5.10 Å². The smallest absolute Gasteiger partial charge is 0.264 e. The number of fused-ring (bicyclic) bond motifs is 1. The number of carbonyl (C=O) groups is 1. The summed E-state index contributed by atoms with van der Waals surface area (Å²) in [5.41, 5.74) is 13.4. The van der Waals surface area contributed by atoms with Crippen molar-refractivity contribution in [3.05, 3.63) is 46.7 Å². The lowest BCUT2D eigenvalue weighted by atomic mass is 10.2. The lowest BCUT2D eigenvalue weighted by molar-refractivity contribution is 0.0794. The third-order valence-electron chi connectivity index (χ3n) is 4.53. The molecule has 3 heterocycles. The van der Waals surface area contributed by atoms with Crippen molar-refractivity contribution in [2.24, 2.45) is 11.5 Å². The Kier molecular flexibility index (Phi) is 3.82. The van der Waals surface area contributed by atoms with Crippen molar-refractivity contribution in [2.45, 2.75) is 19.0 Å². The zero-order valence-electron chi connectivity index (χ0n) is 13.6. The van der Waals surface area contributed by atoms with Gasteiger partial charge in [-0.1, -0.05) is 0 Å². The molecule has 2 atom stereocenters. The maximum atomic E-state index is 13.2. The van der Waals surface area contributed by atoms with Crippen molar-refractivity contribution in [3.63, 3.8) is 0 Å². The van der Waals surface area contributed by atoms with Gasteiger partial charge in [0, 0.05) is 30.6 Å². The molecule has 1 saturated heterocycles. The maximum Gasteiger partial charge on any atom is 0.264 e. The van der Waals surface area contributed by atoms with Gasteiger partial charge in [-0.3, -0.25) is 4.79 Å². The molecule has 0 aliphatic carbocycles. The second kappa shape index (κ2) is 5.91. The highest BCUT2D eigenvalue weighted by Gasteiger charge is 2.32. The molecule has 1 aliphatic rings. The number of nitrogens with two attached hydrogens (primary N) is 2. The lowest BCUT2D eigenvalue weighted by Gasteiger charge is -2.14. The van der Waals surface area contributed by atoms with Gasteiger partial charge >= 0.3 is 0 Å². The van der Waals surface area contributed by atoms with Gasteiger partial charge in [0.1, 0.15) is 10.6 Å². The summed E-state index contributed by atoms with van der Waals surface area (Å²) in [7, 11) is 0. The molecule has 0 unspecified atom stereocenters. The number of carbonyl (C=O) groups excluding carboxylic acids is 1. The van der Waals surface area contributed by atoms with E-state index in [-0.39, 0.29) is 23.8 Å². The number of hydrogen-bond acceptors (Lipinski definition) is 5. The Labute approximate surface area is 147 Å². The fourth-order valence-electron chi connectivity index (χ4n) is 3.09. The number of aromatic nitrogens is 2. The van der Waals surface area contributed by atoms with Crippen molar-refractivity contribution in [1.29, 1.82) is 0 Å². The molecule has 130 valence electrons. The van der Waals surface area contributed by atoms with Crippen LogP contribution in [0.4, 0.5) is 4.39 Å². The summed E-state index contributed by atoms with van der Waals surface area (Å²) in [6.07, 6.45) is 0. The van der Waals surface area contributed by atoms with E-state index < -0.39 is 0 Å². The number of amides is 1. The fourth-order valence-corrected chi connectivity index (χ4v) is 4.24. The summed E-state index contributed by atoms with van der Waals surface area (Å²) in [5.74, 6) is -0.359. The van der Waals surface area contributed by atoms with Gasteiger partial charge in [-0.25, -0.2) is 9.07 Å². The summed E-state index contributed by atoms with van der Waals surface area (Å²) in [5, 5.41) is 5.43. The normalized spacial score (nSPS) is 20.6. The largest absolute Gasteiger partial charge is 0.335 e. The number of nitrogens with zero attached hydrogens (tertiary/aromatic N) is 3. The van der Waals surface area contributed by atoms with Crippen LogP contribution in [0.3, 0.4) is 0 Å². The van der Waals surface area contributed by atoms with E-state index in [0.29, 0.717) is 18.0 Å². The van der Waals surface area contributed by atoms with E-state index in [1.54, 1.807) is 21.7 Å². The highest BCUT2D eigenvalue weighted by molar-refractivity contribution is 7.20. The molecule has 0 spiro atoms. The van der Waals surface area contributed by atoms with Crippen molar-refractivity contribution in [3.8, 4) is 5.69 Å². The van der Waals surface area contributed by atoms with Crippen LogP contribution in [0.2, 0.25) is 0 Å². The van der Waals surface area contributed by atoms with Gasteiger partial charge in [-0.05, 0) is 37.3 Å². The first kappa shape index (κ1) is 16.2. The van der Waals surface area contributed by atoms with E-state index in [1.165, 1.54) is 23.5 Å². The van der Waals surface area contributed by atoms with Gasteiger partial charge < -0.3 is 16.4 Å². The van der Waals surface area contributed by atoms with Crippen LogP contribution in [0.25, 0.3) is 15.9 Å². The van der Waals surface area contributed by atoms with Crippen molar-refractivity contribution >= 4 is 27.5 Å². The average molecular weight is 359 g/mol. The third kappa shape index (κ3) is 2.72. The molecule has 2 aromatic heterocycles. The predicted octanol–water partition coefficient (Wildman–Crippen LogP) is 1.64. The van der Waals surface area contributed by atoms with Gasteiger partial charge in [0.15, 0.2) is 0 Å². The van der Waals surface area contributed by atoms with Gasteiger partial charge in [0.05, 0.1) is 16.3 Å². The number of halogens is 1. The Hall–Kier alpha value is -2.29. The topological polar surface area (TPSA) is 90.2 Å². The van der Waals surface area contributed by atoms with Crippen molar-refractivity contribution in [1.82, 2.24) is 14.7 Å². The second-order valence-electron chi connectivity index (χ2n) is 6.34. The molecule has 8 heteroatoms. The van der Waals surface area contributed by atoms with Crippen LogP contribution in [0.1, 0.15) is 15.4 Å². The van der Waals surface area contributed by atoms with Crippen LogP contribution in [0.5, 0.6) is 0 Å². The van der Waals surface area contributed by atoms with E-state index in [4.69, 9.17) is 11.5 Å². The van der Waals surface area contributed by atoms with Crippen LogP contribution >= 0.6 is 11.3 Å². The molecule has 1 aliphatic heterocycles. The first-order chi connectivity index (χ1) is 11.9. The van der Waals surface area contributed by atoms with Gasteiger partial charge in [-0.15, -0.1) is 11.3 Å². The molecule has 0 saturated carbocycles. The zero-order valence-corrected chi connectivity index (χ0v) is 14.5. The van der Waals surface area contributed by atoms with Gasteiger partial charge in [0.2, 0.25) is 0 Å². The zero-order chi connectivity index (χ0) is 17.7. The number of hydrogen-bond donors (Lipinski definition) is 2. The summed E-state index contributed by atoms with van der Waals surface area (Å²) >= 11 is 1.38. The monoisotopic (exact) mass is 359 g/mol. The fraction of sp³-hybridized carbons (Fsp3) is 0.294. The van der Waals surface area contributed by atoms with Crippen LogP contribution in [-0.2, 0) is 0 Å². The van der Waals surface area contributed by atoms with E-state index in [9.17, 15) is 9.18 Å². The molecular weight excluding hydrogens is 341 g/mol. The Morgan fingerprint density at radius 3 is 2.52 bits per heavy atom. The molecule has 4 rings (SSSR count). The molecular formula is C17H18FN5OS. The second-order valence-corrected chi connectivity index (χ2v) is 7.37. The number of rotatable bonds is 2. The number of likely N-dealkylation sites (tertiary alicyclic amines) is 1. The molecule has 1 fully saturated rings. The number of aryl methyl sites for hydroxylation is 1. The first-order valence-electron chi connectivity index (χ1n) is 7.99. The summed E-state index contributed by atoms with van der Waals surface area (Å²) < 4.78 is 14.9. The molecule has 6 nitrogen and oxygen atoms in total. The molecule has 0 bridgehead atoms. The minimum absolute atomic E-state index is 0.0605. The van der Waals surface area contributed by atoms with Crippen molar-refractivity contribution < 1.29 is 9.18 Å². The average Bonchev–Trinajstić information content (AvgIpc) is 3.24. The van der Waals surface area contributed by atoms with E-state index in [2.05, 4.69) is 5.10 Å². The Balaban J connectivity index is 1.72. The SMILES string of the molecule is Cc1nn(-c2ccc(F)cc2)c2sc(C(=O)N3C[C@@H](N)[C@H](N)C3)cc12. The van der Waals surface area contributed by atoms with Crippen molar-refractivity contribution in [2.75, 3.05) is 13.1 Å². The predicted molar refractivity (Wildman–Crippen MR) is 95.5 cm³/mol. The molecule has 4 N–H and O–H groups in total. The first-order valence-corrected chi connectivity index (χ1v) is 8.81. The van der Waals surface area contributed by atoms with E-state index in [0.717, 1.165) is 21.6 Å². The third-order valence-corrected chi connectivity index (χ3v) is 5.62. The van der Waals surface area contributed by atoms with Gasteiger partial charge in [0.25, 0.3) is 5.91 Å².